The molecule has 0 aliphatic carbocycles. The lowest BCUT2D eigenvalue weighted by molar-refractivity contribution is -0.397. The number of ether oxygens (including phenoxy) is 3. The average Bonchev–Trinajstić information content (AvgIpc) is 2.35. The van der Waals surface area contributed by atoms with E-state index in [1.54, 1.807) is 18.2 Å². The zero-order chi connectivity index (χ0) is 12.8. The van der Waals surface area contributed by atoms with Crippen LogP contribution in [0.4, 0.5) is 4.79 Å². The fourth-order valence-electron chi connectivity index (χ4n) is 1.17. The molecular weight excluding hydrogens is 230 g/mol. The summed E-state index contributed by atoms with van der Waals surface area (Å²) in [5, 5.41) is 10.0. The molecule has 0 saturated heterocycles. The molecule has 7 heteroatoms. The highest BCUT2D eigenvalue weighted by Gasteiger charge is 2.17. The van der Waals surface area contributed by atoms with Crippen molar-refractivity contribution in [3.05, 3.63) is 33.9 Å². The summed E-state index contributed by atoms with van der Waals surface area (Å²) in [6.45, 7) is -0.194. The number of methoxy groups -OCH3 is 2. The maximum atomic E-state index is 10.6. The Labute approximate surface area is 97.0 Å². The molecule has 1 rings (SSSR count). The topological polar surface area (TPSA) is 87.9 Å². The van der Waals surface area contributed by atoms with Crippen molar-refractivity contribution in [2.45, 2.75) is 6.61 Å². The van der Waals surface area contributed by atoms with Crippen LogP contribution in [-0.2, 0) is 11.3 Å². The summed E-state index contributed by atoms with van der Waals surface area (Å²) >= 11 is 0. The first kappa shape index (κ1) is 12.8. The predicted molar refractivity (Wildman–Crippen MR) is 56.7 cm³/mol. The van der Waals surface area contributed by atoms with Gasteiger partial charge in [-0.05, 0) is 17.7 Å². The SMILES string of the molecule is COc1ccc(COC(=O)[N+](=O)[O-])cc1OC. The Balaban J connectivity index is 2.73. The van der Waals surface area contributed by atoms with E-state index in [4.69, 9.17) is 9.47 Å². The molecule has 92 valence electrons. The third kappa shape index (κ3) is 3.33. The minimum Gasteiger partial charge on any atom is -0.493 e. The third-order valence-corrected chi connectivity index (χ3v) is 1.96. The van der Waals surface area contributed by atoms with Crippen molar-refractivity contribution >= 4 is 6.09 Å². The predicted octanol–water partition coefficient (Wildman–Crippen LogP) is 1.62. The Morgan fingerprint density at radius 3 is 2.47 bits per heavy atom. The van der Waals surface area contributed by atoms with Gasteiger partial charge in [-0.3, -0.25) is 10.1 Å². The third-order valence-electron chi connectivity index (χ3n) is 1.96. The highest BCUT2D eigenvalue weighted by Crippen LogP contribution is 2.27. The van der Waals surface area contributed by atoms with Gasteiger partial charge >= 0.3 is 6.09 Å². The van der Waals surface area contributed by atoms with E-state index in [9.17, 15) is 14.9 Å². The summed E-state index contributed by atoms with van der Waals surface area (Å²) in [5.74, 6) is 0.985. The van der Waals surface area contributed by atoms with Crippen LogP contribution in [0.25, 0.3) is 0 Å². The monoisotopic (exact) mass is 241 g/mol. The van der Waals surface area contributed by atoms with Crippen molar-refractivity contribution in [2.24, 2.45) is 0 Å². The summed E-state index contributed by atoms with van der Waals surface area (Å²) < 4.78 is 14.5. The van der Waals surface area contributed by atoms with Gasteiger partial charge in [-0.1, -0.05) is 6.07 Å². The smallest absolute Gasteiger partial charge is 0.493 e. The molecule has 0 unspecified atom stereocenters. The van der Waals surface area contributed by atoms with Crippen molar-refractivity contribution < 1.29 is 23.9 Å². The molecule has 0 spiro atoms. The largest absolute Gasteiger partial charge is 0.657 e. The van der Waals surface area contributed by atoms with E-state index in [2.05, 4.69) is 4.74 Å². The molecule has 0 radical (unpaired) electrons. The van der Waals surface area contributed by atoms with Gasteiger partial charge in [0.15, 0.2) is 11.5 Å². The number of carbonyl (C=O) groups is 1. The van der Waals surface area contributed by atoms with Crippen LogP contribution in [0.5, 0.6) is 11.5 Å². The second-order valence-electron chi connectivity index (χ2n) is 3.00. The molecule has 1 amide bonds. The zero-order valence-electron chi connectivity index (χ0n) is 9.34. The molecule has 17 heavy (non-hydrogen) atoms. The molecular formula is C10H11NO6. The quantitative estimate of drug-likeness (QED) is 0.587. The van der Waals surface area contributed by atoms with Gasteiger partial charge in [-0.15, -0.1) is 0 Å². The summed E-state index contributed by atoms with van der Waals surface area (Å²) in [7, 11) is 2.95. The van der Waals surface area contributed by atoms with Crippen LogP contribution in [0, 0.1) is 10.1 Å². The molecule has 0 N–H and O–H groups in total. The van der Waals surface area contributed by atoms with E-state index in [1.165, 1.54) is 14.2 Å². The molecule has 0 aromatic heterocycles. The molecule has 0 atom stereocenters. The van der Waals surface area contributed by atoms with Gasteiger partial charge in [-0.2, -0.15) is 4.79 Å². The molecule has 0 saturated carbocycles. The summed E-state index contributed by atoms with van der Waals surface area (Å²) in [4.78, 5) is 19.5. The molecule has 0 aliphatic heterocycles. The standard InChI is InChI=1S/C10H11NO6/c1-15-8-4-3-7(5-9(8)16-2)6-17-10(12)11(13)14/h3-5H,6H2,1-2H3. The number of nitrogens with zero attached hydrogens (tertiary/aromatic N) is 1. The van der Waals surface area contributed by atoms with E-state index in [1.807, 2.05) is 0 Å². The van der Waals surface area contributed by atoms with Crippen LogP contribution in [-0.4, -0.2) is 25.2 Å². The van der Waals surface area contributed by atoms with Gasteiger partial charge in [0.05, 0.1) is 14.2 Å². The number of carbonyl (C=O) groups excluding carboxylic acids is 1. The zero-order valence-corrected chi connectivity index (χ0v) is 9.34. The summed E-state index contributed by atoms with van der Waals surface area (Å²) in [6.07, 6.45) is -1.49. The van der Waals surface area contributed by atoms with E-state index >= 15 is 0 Å². The first-order valence-electron chi connectivity index (χ1n) is 4.60. The number of hydrogen-bond acceptors (Lipinski definition) is 6. The van der Waals surface area contributed by atoms with Crippen LogP contribution >= 0.6 is 0 Å². The maximum absolute atomic E-state index is 10.6. The number of hydrogen-bond donors (Lipinski definition) is 0. The van der Waals surface area contributed by atoms with Crippen molar-refractivity contribution in [1.82, 2.24) is 0 Å². The molecule has 1 aromatic rings. The minimum absolute atomic E-state index is 0.194. The highest BCUT2D eigenvalue weighted by atomic mass is 16.7. The first-order chi connectivity index (χ1) is 8.08. The Kier molecular flexibility index (Phi) is 4.27. The van der Waals surface area contributed by atoms with Crippen LogP contribution in [0.1, 0.15) is 5.56 Å². The van der Waals surface area contributed by atoms with Crippen LogP contribution in [0.2, 0.25) is 0 Å². The molecule has 0 aliphatic rings. The van der Waals surface area contributed by atoms with Gasteiger partial charge < -0.3 is 14.2 Å². The molecule has 1 aromatic carbocycles. The van der Waals surface area contributed by atoms with Crippen LogP contribution < -0.4 is 9.47 Å². The number of nitro groups is 1. The van der Waals surface area contributed by atoms with Crippen molar-refractivity contribution in [3.63, 3.8) is 0 Å². The highest BCUT2D eigenvalue weighted by molar-refractivity contribution is 5.57. The van der Waals surface area contributed by atoms with Gasteiger partial charge in [0.1, 0.15) is 11.5 Å². The normalized spacial score (nSPS) is 9.53. The number of benzene rings is 1. The lowest BCUT2D eigenvalue weighted by atomic mass is 10.2. The van der Waals surface area contributed by atoms with Crippen molar-refractivity contribution in [3.8, 4) is 11.5 Å². The van der Waals surface area contributed by atoms with Gasteiger partial charge in [0.25, 0.3) is 0 Å². The molecule has 7 nitrogen and oxygen atoms in total. The van der Waals surface area contributed by atoms with E-state index in [-0.39, 0.29) is 6.61 Å². The summed E-state index contributed by atoms with van der Waals surface area (Å²) in [6, 6.07) is 4.81. The maximum Gasteiger partial charge on any atom is 0.657 e. The Morgan fingerprint density at radius 1 is 1.29 bits per heavy atom. The van der Waals surface area contributed by atoms with E-state index < -0.39 is 11.0 Å². The van der Waals surface area contributed by atoms with E-state index in [0.717, 1.165) is 0 Å². The molecule has 0 fully saturated rings. The van der Waals surface area contributed by atoms with Crippen LogP contribution in [0.15, 0.2) is 18.2 Å². The lowest BCUT2D eigenvalue weighted by Gasteiger charge is -2.08. The molecule has 0 heterocycles. The minimum atomic E-state index is -1.49. The Morgan fingerprint density at radius 2 is 1.94 bits per heavy atom. The average molecular weight is 241 g/mol. The van der Waals surface area contributed by atoms with Gasteiger partial charge in [-0.25, -0.2) is 0 Å². The number of rotatable bonds is 4. The summed E-state index contributed by atoms with van der Waals surface area (Å²) in [5.41, 5.74) is 0.567. The van der Waals surface area contributed by atoms with Crippen LogP contribution in [0.3, 0.4) is 0 Å². The fraction of sp³-hybridized carbons (Fsp3) is 0.300. The van der Waals surface area contributed by atoms with Gasteiger partial charge in [0, 0.05) is 0 Å². The Hall–Kier alpha value is -2.31. The van der Waals surface area contributed by atoms with Gasteiger partial charge in [0.2, 0.25) is 0 Å². The van der Waals surface area contributed by atoms with Crippen molar-refractivity contribution in [1.29, 1.82) is 0 Å². The van der Waals surface area contributed by atoms with Crippen molar-refractivity contribution in [2.75, 3.05) is 14.2 Å². The fourth-order valence-corrected chi connectivity index (χ4v) is 1.17. The second-order valence-corrected chi connectivity index (χ2v) is 3.00. The molecule has 0 bridgehead atoms. The lowest BCUT2D eigenvalue weighted by Crippen LogP contribution is -2.13. The Bertz CT molecular complexity index is 431. The first-order valence-corrected chi connectivity index (χ1v) is 4.60. The number of amides is 1. The second kappa shape index (κ2) is 5.69. The van der Waals surface area contributed by atoms with E-state index in [0.29, 0.717) is 17.1 Å².